The second kappa shape index (κ2) is 11.6. The number of aromatic carboxylic acids is 1. The summed E-state index contributed by atoms with van der Waals surface area (Å²) in [5.74, 6) is -1.55. The first kappa shape index (κ1) is 26.5. The minimum absolute atomic E-state index is 0.00267. The molecule has 12 heteroatoms. The van der Waals surface area contributed by atoms with Crippen molar-refractivity contribution >= 4 is 22.9 Å². The highest BCUT2D eigenvalue weighted by Crippen LogP contribution is 2.37. The number of ether oxygens (including phenoxy) is 2. The molecule has 0 radical (unpaired) electrons. The standard InChI is InChI=1S/C17H13FN2O4.C9H14N4O/c1-23-9-7-12(14(18)13(8-9)24-2)10-3-4-11(17(21)22)16-15(10)19-5-6-20-16;10-8(14)9-11-5-7(12-9)6-13-3-1-2-4-13/h3-8H,1-2H3,(H,21,22);5H,1-4,6H2,(H2,10,14)(H,11,12). The van der Waals surface area contributed by atoms with E-state index in [2.05, 4.69) is 24.8 Å². The Hall–Kier alpha value is -4.58. The lowest BCUT2D eigenvalue weighted by atomic mass is 10.00. The minimum Gasteiger partial charge on any atom is -0.497 e. The highest BCUT2D eigenvalue weighted by Gasteiger charge is 2.20. The number of H-pyrrole nitrogens is 1. The SMILES string of the molecule is COc1cc(OC)c(F)c(-c2ccc(C(=O)O)c3nccnc23)c1.NC(=O)c1ncc(CN2CCCC2)[nH]1. The number of carbonyl (C=O) groups is 2. The number of imidazole rings is 1. The molecule has 0 atom stereocenters. The zero-order valence-electron chi connectivity index (χ0n) is 20.9. The lowest BCUT2D eigenvalue weighted by molar-refractivity contribution is 0.0698. The second-order valence-electron chi connectivity index (χ2n) is 8.52. The van der Waals surface area contributed by atoms with Crippen LogP contribution in [0.25, 0.3) is 22.2 Å². The fraction of sp³-hybridized carbons (Fsp3) is 0.269. The molecule has 0 bridgehead atoms. The molecular weight excluding hydrogens is 495 g/mol. The molecule has 0 unspecified atom stereocenters. The molecule has 2 aromatic heterocycles. The van der Waals surface area contributed by atoms with Crippen LogP contribution in [0.3, 0.4) is 0 Å². The molecule has 0 spiro atoms. The average molecular weight is 523 g/mol. The zero-order valence-corrected chi connectivity index (χ0v) is 20.9. The van der Waals surface area contributed by atoms with Gasteiger partial charge in [0.25, 0.3) is 5.91 Å². The van der Waals surface area contributed by atoms with Crippen molar-refractivity contribution in [3.8, 4) is 22.6 Å². The molecule has 0 aliphatic carbocycles. The third-order valence-electron chi connectivity index (χ3n) is 6.07. The van der Waals surface area contributed by atoms with Crippen LogP contribution in [0.1, 0.15) is 39.5 Å². The third kappa shape index (κ3) is 5.70. The number of amides is 1. The summed E-state index contributed by atoms with van der Waals surface area (Å²) >= 11 is 0. The predicted molar refractivity (Wildman–Crippen MR) is 137 cm³/mol. The van der Waals surface area contributed by atoms with Crippen LogP contribution in [0.5, 0.6) is 11.5 Å². The van der Waals surface area contributed by atoms with Crippen molar-refractivity contribution in [3.05, 3.63) is 65.8 Å². The molecule has 4 aromatic rings. The summed E-state index contributed by atoms with van der Waals surface area (Å²) in [5.41, 5.74) is 7.10. The molecule has 1 aliphatic heterocycles. The van der Waals surface area contributed by atoms with Crippen molar-refractivity contribution < 1.29 is 28.6 Å². The Morgan fingerprint density at radius 2 is 1.76 bits per heavy atom. The Morgan fingerprint density at radius 1 is 1.05 bits per heavy atom. The van der Waals surface area contributed by atoms with Crippen LogP contribution in [0.2, 0.25) is 0 Å². The molecule has 198 valence electrons. The van der Waals surface area contributed by atoms with Gasteiger partial charge in [-0.05, 0) is 38.1 Å². The average Bonchev–Trinajstić information content (AvgIpc) is 3.61. The van der Waals surface area contributed by atoms with Crippen molar-refractivity contribution in [3.63, 3.8) is 0 Å². The first-order valence-corrected chi connectivity index (χ1v) is 11.8. The van der Waals surface area contributed by atoms with Crippen LogP contribution in [-0.2, 0) is 6.54 Å². The van der Waals surface area contributed by atoms with Crippen LogP contribution < -0.4 is 15.2 Å². The van der Waals surface area contributed by atoms with Gasteiger partial charge in [0.2, 0.25) is 0 Å². The molecule has 0 saturated carbocycles. The summed E-state index contributed by atoms with van der Waals surface area (Å²) in [6.45, 7) is 3.09. The van der Waals surface area contributed by atoms with E-state index < -0.39 is 17.7 Å². The van der Waals surface area contributed by atoms with Gasteiger partial charge in [0.1, 0.15) is 11.3 Å². The van der Waals surface area contributed by atoms with Gasteiger partial charge in [-0.25, -0.2) is 14.2 Å². The van der Waals surface area contributed by atoms with Gasteiger partial charge < -0.3 is 25.3 Å². The number of primary amides is 1. The fourth-order valence-electron chi connectivity index (χ4n) is 4.23. The smallest absolute Gasteiger partial charge is 0.337 e. The van der Waals surface area contributed by atoms with Crippen LogP contribution in [0, 0.1) is 5.82 Å². The molecule has 38 heavy (non-hydrogen) atoms. The van der Waals surface area contributed by atoms with Gasteiger partial charge in [-0.15, -0.1) is 0 Å². The number of nitrogens with zero attached hydrogens (tertiary/aromatic N) is 4. The number of carboxylic acid groups (broad SMARTS) is 1. The predicted octanol–water partition coefficient (Wildman–Crippen LogP) is 3.26. The quantitative estimate of drug-likeness (QED) is 0.331. The number of benzene rings is 2. The number of likely N-dealkylation sites (tertiary alicyclic amines) is 1. The van der Waals surface area contributed by atoms with E-state index >= 15 is 0 Å². The van der Waals surface area contributed by atoms with Crippen molar-refractivity contribution in [2.45, 2.75) is 19.4 Å². The van der Waals surface area contributed by atoms with E-state index in [0.29, 0.717) is 11.3 Å². The molecule has 3 heterocycles. The maximum Gasteiger partial charge on any atom is 0.337 e. The fourth-order valence-corrected chi connectivity index (χ4v) is 4.23. The Labute approximate surface area is 217 Å². The summed E-state index contributed by atoms with van der Waals surface area (Å²) in [6.07, 6.45) is 7.01. The summed E-state index contributed by atoms with van der Waals surface area (Å²) in [5, 5.41) is 9.28. The number of fused-ring (bicyclic) bond motifs is 1. The highest BCUT2D eigenvalue weighted by atomic mass is 19.1. The van der Waals surface area contributed by atoms with Crippen molar-refractivity contribution in [2.24, 2.45) is 5.73 Å². The normalized spacial score (nSPS) is 13.1. The van der Waals surface area contributed by atoms with Gasteiger partial charge in [0, 0.05) is 41.8 Å². The van der Waals surface area contributed by atoms with Gasteiger partial charge in [0.15, 0.2) is 17.4 Å². The number of rotatable bonds is 7. The zero-order chi connectivity index (χ0) is 27.2. The lowest BCUT2D eigenvalue weighted by Crippen LogP contribution is -2.19. The topological polar surface area (TPSA) is 157 Å². The Balaban J connectivity index is 0.000000204. The number of nitrogens with two attached hydrogens (primary N) is 1. The molecule has 5 rings (SSSR count). The summed E-state index contributed by atoms with van der Waals surface area (Å²) < 4.78 is 24.9. The van der Waals surface area contributed by atoms with E-state index in [9.17, 15) is 19.1 Å². The van der Waals surface area contributed by atoms with Gasteiger partial charge in [-0.1, -0.05) is 6.07 Å². The second-order valence-corrected chi connectivity index (χ2v) is 8.52. The summed E-state index contributed by atoms with van der Waals surface area (Å²) in [4.78, 5) is 39.5. The maximum atomic E-state index is 14.7. The third-order valence-corrected chi connectivity index (χ3v) is 6.07. The molecular formula is C26H27FN6O5. The summed E-state index contributed by atoms with van der Waals surface area (Å²) in [6, 6.07) is 5.80. The number of carboxylic acids is 1. The van der Waals surface area contributed by atoms with Crippen LogP contribution in [0.4, 0.5) is 4.39 Å². The number of nitrogens with one attached hydrogen (secondary N) is 1. The number of hydrogen-bond donors (Lipinski definition) is 3. The first-order chi connectivity index (χ1) is 18.3. The van der Waals surface area contributed by atoms with E-state index in [0.717, 1.165) is 25.3 Å². The molecule has 1 aliphatic rings. The van der Waals surface area contributed by atoms with Crippen molar-refractivity contribution in [1.82, 2.24) is 24.8 Å². The highest BCUT2D eigenvalue weighted by molar-refractivity contribution is 6.05. The molecule has 1 saturated heterocycles. The van der Waals surface area contributed by atoms with Gasteiger partial charge in [-0.3, -0.25) is 19.7 Å². The number of aromatic nitrogens is 4. The Kier molecular flexibility index (Phi) is 8.12. The van der Waals surface area contributed by atoms with Crippen molar-refractivity contribution in [1.29, 1.82) is 0 Å². The number of carbonyl (C=O) groups excluding carboxylic acids is 1. The van der Waals surface area contributed by atoms with Crippen LogP contribution in [-0.4, -0.2) is 69.1 Å². The largest absolute Gasteiger partial charge is 0.497 e. The number of methoxy groups -OCH3 is 2. The van der Waals surface area contributed by atoms with Gasteiger partial charge in [0.05, 0.1) is 31.5 Å². The molecule has 11 nitrogen and oxygen atoms in total. The number of hydrogen-bond acceptors (Lipinski definition) is 8. The van der Waals surface area contributed by atoms with Gasteiger partial charge in [-0.2, -0.15) is 0 Å². The first-order valence-electron chi connectivity index (χ1n) is 11.8. The molecule has 1 fully saturated rings. The van der Waals surface area contributed by atoms with E-state index in [1.54, 1.807) is 6.20 Å². The maximum absolute atomic E-state index is 14.7. The van der Waals surface area contributed by atoms with Crippen LogP contribution in [0.15, 0.2) is 42.9 Å². The monoisotopic (exact) mass is 522 g/mol. The van der Waals surface area contributed by atoms with E-state index in [1.165, 1.54) is 63.7 Å². The molecule has 1 amide bonds. The van der Waals surface area contributed by atoms with E-state index in [1.807, 2.05) is 0 Å². The summed E-state index contributed by atoms with van der Waals surface area (Å²) in [7, 11) is 2.81. The van der Waals surface area contributed by atoms with E-state index in [-0.39, 0.29) is 33.7 Å². The Morgan fingerprint density at radius 3 is 2.37 bits per heavy atom. The molecule has 2 aromatic carbocycles. The Bertz CT molecular complexity index is 1470. The number of halogens is 1. The van der Waals surface area contributed by atoms with Crippen molar-refractivity contribution in [2.75, 3.05) is 27.3 Å². The van der Waals surface area contributed by atoms with Crippen LogP contribution >= 0.6 is 0 Å². The minimum atomic E-state index is -1.13. The van der Waals surface area contributed by atoms with Gasteiger partial charge >= 0.3 is 5.97 Å². The molecule has 4 N–H and O–H groups in total. The van der Waals surface area contributed by atoms with E-state index in [4.69, 9.17) is 15.2 Å². The number of aromatic amines is 1. The lowest BCUT2D eigenvalue weighted by Gasteiger charge is -2.12.